The summed E-state index contributed by atoms with van der Waals surface area (Å²) in [6, 6.07) is 12.9. The fourth-order valence-corrected chi connectivity index (χ4v) is 5.08. The zero-order valence-electron chi connectivity index (χ0n) is 18.9. The van der Waals surface area contributed by atoms with Gasteiger partial charge in [-0.3, -0.25) is 4.79 Å². The molecule has 3 heterocycles. The van der Waals surface area contributed by atoms with Crippen LogP contribution in [0.4, 0.5) is 15.9 Å². The van der Waals surface area contributed by atoms with Crippen LogP contribution in [0.15, 0.2) is 55.1 Å². The van der Waals surface area contributed by atoms with Crippen molar-refractivity contribution in [2.45, 2.75) is 26.3 Å². The summed E-state index contributed by atoms with van der Waals surface area (Å²) in [5, 5.41) is 2.55. The lowest BCUT2D eigenvalue weighted by Crippen LogP contribution is -2.49. The molecule has 0 bridgehead atoms. The van der Waals surface area contributed by atoms with Gasteiger partial charge in [0.25, 0.3) is 5.91 Å². The number of carbonyl (C=O) groups is 1. The van der Waals surface area contributed by atoms with E-state index in [-0.39, 0.29) is 0 Å². The molecule has 3 aromatic rings. The van der Waals surface area contributed by atoms with E-state index >= 15 is 0 Å². The first-order chi connectivity index (χ1) is 16.0. The fourth-order valence-electron chi connectivity index (χ4n) is 5.08. The van der Waals surface area contributed by atoms with Crippen molar-refractivity contribution < 1.29 is 9.18 Å². The molecular weight excluding hydrogens is 417 g/mol. The Hall–Kier alpha value is -3.48. The van der Waals surface area contributed by atoms with Gasteiger partial charge in [0.1, 0.15) is 12.1 Å². The predicted molar refractivity (Wildman–Crippen MR) is 129 cm³/mol. The summed E-state index contributed by atoms with van der Waals surface area (Å²) in [6.07, 6.45) is 3.56. The van der Waals surface area contributed by atoms with Crippen molar-refractivity contribution in [3.8, 4) is 0 Å². The van der Waals surface area contributed by atoms with Gasteiger partial charge in [-0.15, -0.1) is 0 Å². The molecule has 0 saturated carbocycles. The van der Waals surface area contributed by atoms with E-state index in [1.54, 1.807) is 6.33 Å². The van der Waals surface area contributed by atoms with Crippen molar-refractivity contribution in [2.75, 3.05) is 42.5 Å². The molecule has 0 aliphatic carbocycles. The van der Waals surface area contributed by atoms with Gasteiger partial charge in [-0.05, 0) is 36.8 Å². The Kier molecular flexibility index (Phi) is 5.70. The van der Waals surface area contributed by atoms with Crippen LogP contribution in [0, 0.1) is 6.92 Å². The highest BCUT2D eigenvalue weighted by Gasteiger charge is 2.27. The van der Waals surface area contributed by atoms with Crippen LogP contribution in [0.5, 0.6) is 0 Å². The van der Waals surface area contributed by atoms with E-state index in [1.807, 2.05) is 0 Å². The van der Waals surface area contributed by atoms with Crippen molar-refractivity contribution in [1.29, 1.82) is 0 Å². The molecule has 0 atom stereocenters. The Morgan fingerprint density at radius 2 is 1.76 bits per heavy atom. The number of piperazine rings is 1. The third-order valence-corrected chi connectivity index (χ3v) is 6.74. The molecule has 0 spiro atoms. The molecule has 1 amide bonds. The molecule has 170 valence electrons. The van der Waals surface area contributed by atoms with E-state index in [9.17, 15) is 9.18 Å². The Morgan fingerprint density at radius 3 is 2.52 bits per heavy atom. The highest BCUT2D eigenvalue weighted by molar-refractivity contribution is 5.97. The van der Waals surface area contributed by atoms with Gasteiger partial charge in [0.15, 0.2) is 5.83 Å². The molecule has 0 radical (unpaired) electrons. The lowest BCUT2D eigenvalue weighted by atomic mass is 10.0. The Bertz CT molecular complexity index is 1210. The lowest BCUT2D eigenvalue weighted by Gasteiger charge is -2.36. The van der Waals surface area contributed by atoms with E-state index in [2.05, 4.69) is 69.7 Å². The molecule has 0 unspecified atom stereocenters. The smallest absolute Gasteiger partial charge is 0.282 e. The number of hydrogen-bond acceptors (Lipinski definition) is 5. The third-order valence-electron chi connectivity index (χ3n) is 6.74. The Labute approximate surface area is 193 Å². The molecule has 6 nitrogen and oxygen atoms in total. The van der Waals surface area contributed by atoms with E-state index in [0.29, 0.717) is 26.2 Å². The minimum Gasteiger partial charge on any atom is -0.365 e. The minimum atomic E-state index is -0.900. The second-order valence-corrected chi connectivity index (χ2v) is 8.78. The summed E-state index contributed by atoms with van der Waals surface area (Å²) in [5.74, 6) is -0.567. The molecular formula is C26H28FN5O. The van der Waals surface area contributed by atoms with Gasteiger partial charge in [-0.2, -0.15) is 0 Å². The van der Waals surface area contributed by atoms with Crippen LogP contribution in [0.25, 0.3) is 10.8 Å². The van der Waals surface area contributed by atoms with Gasteiger partial charge in [-0.1, -0.05) is 36.9 Å². The van der Waals surface area contributed by atoms with Crippen molar-refractivity contribution >= 4 is 28.2 Å². The second-order valence-electron chi connectivity index (χ2n) is 8.78. The largest absolute Gasteiger partial charge is 0.365 e. The van der Waals surface area contributed by atoms with Crippen LogP contribution >= 0.6 is 0 Å². The van der Waals surface area contributed by atoms with E-state index in [0.717, 1.165) is 37.4 Å². The standard InChI is InChI=1S/C26H28FN5O/c1-18-6-3-7-20-8-4-10-23(24(18)20)32-11-5-9-21-22(16-32)28-17-29-25(21)30-12-14-31(15-13-30)26(33)19(2)27/h3-4,6-8,10,17H,2,5,9,11-16H2,1H3. The number of halogens is 1. The number of aromatic nitrogens is 2. The molecule has 0 N–H and O–H groups in total. The zero-order valence-corrected chi connectivity index (χ0v) is 18.9. The number of rotatable bonds is 3. The Morgan fingerprint density at radius 1 is 1.00 bits per heavy atom. The van der Waals surface area contributed by atoms with Gasteiger partial charge < -0.3 is 14.7 Å². The normalized spacial score (nSPS) is 16.5. The maximum Gasteiger partial charge on any atom is 0.282 e. The number of aryl methyl sites for hydroxylation is 1. The third kappa shape index (κ3) is 4.03. The number of amides is 1. The molecule has 7 heteroatoms. The second kappa shape index (κ2) is 8.81. The first-order valence-electron chi connectivity index (χ1n) is 11.5. The molecule has 1 fully saturated rings. The van der Waals surface area contributed by atoms with Crippen LogP contribution in [0.1, 0.15) is 23.2 Å². The number of fused-ring (bicyclic) bond motifs is 2. The van der Waals surface area contributed by atoms with Crippen LogP contribution < -0.4 is 9.80 Å². The van der Waals surface area contributed by atoms with Crippen molar-refractivity contribution in [1.82, 2.24) is 14.9 Å². The van der Waals surface area contributed by atoms with Gasteiger partial charge in [0.05, 0.1) is 12.2 Å². The van der Waals surface area contributed by atoms with Crippen molar-refractivity contribution in [3.05, 3.63) is 72.0 Å². The number of nitrogens with zero attached hydrogens (tertiary/aromatic N) is 5. The van der Waals surface area contributed by atoms with E-state index in [4.69, 9.17) is 0 Å². The zero-order chi connectivity index (χ0) is 22.9. The van der Waals surface area contributed by atoms with Gasteiger partial charge in [-0.25, -0.2) is 14.4 Å². The molecule has 2 aliphatic heterocycles. The van der Waals surface area contributed by atoms with Gasteiger partial charge in [0.2, 0.25) is 0 Å². The average molecular weight is 446 g/mol. The molecule has 2 aliphatic rings. The van der Waals surface area contributed by atoms with E-state index < -0.39 is 11.7 Å². The maximum absolute atomic E-state index is 13.2. The van der Waals surface area contributed by atoms with Crippen LogP contribution in [-0.2, 0) is 17.8 Å². The summed E-state index contributed by atoms with van der Waals surface area (Å²) in [4.78, 5) is 27.4. The minimum absolute atomic E-state index is 0.460. The van der Waals surface area contributed by atoms with Gasteiger partial charge >= 0.3 is 0 Å². The summed E-state index contributed by atoms with van der Waals surface area (Å²) in [7, 11) is 0. The molecule has 2 aromatic carbocycles. The highest BCUT2D eigenvalue weighted by Crippen LogP contribution is 2.34. The number of hydrogen-bond donors (Lipinski definition) is 0. The molecule has 5 rings (SSSR count). The number of carbonyl (C=O) groups excluding carboxylic acids is 1. The molecule has 1 aromatic heterocycles. The van der Waals surface area contributed by atoms with Crippen LogP contribution in [-0.4, -0.2) is 53.5 Å². The fraction of sp³-hybridized carbons (Fsp3) is 0.346. The van der Waals surface area contributed by atoms with Crippen LogP contribution in [0.3, 0.4) is 0 Å². The lowest BCUT2D eigenvalue weighted by molar-refractivity contribution is -0.128. The predicted octanol–water partition coefficient (Wildman–Crippen LogP) is 4.02. The summed E-state index contributed by atoms with van der Waals surface area (Å²) >= 11 is 0. The van der Waals surface area contributed by atoms with Crippen LogP contribution in [0.2, 0.25) is 0 Å². The average Bonchev–Trinajstić information content (AvgIpc) is 3.06. The van der Waals surface area contributed by atoms with Crippen molar-refractivity contribution in [3.63, 3.8) is 0 Å². The maximum atomic E-state index is 13.2. The highest BCUT2D eigenvalue weighted by atomic mass is 19.1. The van der Waals surface area contributed by atoms with Gasteiger partial charge in [0, 0.05) is 49.4 Å². The first kappa shape index (κ1) is 21.4. The molecule has 1 saturated heterocycles. The number of anilines is 2. The first-order valence-corrected chi connectivity index (χ1v) is 11.5. The SMILES string of the molecule is C=C(F)C(=O)N1CCN(c2ncnc3c2CCCN(c2cccc4cccc(C)c24)C3)CC1. The quantitative estimate of drug-likeness (QED) is 0.570. The monoisotopic (exact) mass is 445 g/mol. The van der Waals surface area contributed by atoms with E-state index in [1.165, 1.54) is 32.5 Å². The topological polar surface area (TPSA) is 52.6 Å². The molecule has 33 heavy (non-hydrogen) atoms. The summed E-state index contributed by atoms with van der Waals surface area (Å²) in [6.45, 7) is 9.15. The Balaban J connectivity index is 1.41. The summed E-state index contributed by atoms with van der Waals surface area (Å²) < 4.78 is 13.2. The number of benzene rings is 2. The summed E-state index contributed by atoms with van der Waals surface area (Å²) in [5.41, 5.74) is 4.77. The van der Waals surface area contributed by atoms with Crippen molar-refractivity contribution in [2.24, 2.45) is 0 Å².